The van der Waals surface area contributed by atoms with E-state index in [1.165, 1.54) is 0 Å². The fourth-order valence-electron chi connectivity index (χ4n) is 3.46. The van der Waals surface area contributed by atoms with Crippen LogP contribution in [0.25, 0.3) is 22.4 Å². The Morgan fingerprint density at radius 2 is 2.10 bits per heavy atom. The molecule has 1 aliphatic rings. The number of aromatic amines is 1. The summed E-state index contributed by atoms with van der Waals surface area (Å²) in [5, 5.41) is 10.3. The molecule has 1 fully saturated rings. The Morgan fingerprint density at radius 3 is 2.87 bits per heavy atom. The topological polar surface area (TPSA) is 118 Å². The number of nitrogens with one attached hydrogen (secondary N) is 2. The number of carbonyl (C=O) groups excluding carboxylic acids is 1. The monoisotopic (exact) mass is 420 g/mol. The second-order valence-corrected chi connectivity index (χ2v) is 6.98. The molecule has 0 unspecified atom stereocenters. The van der Waals surface area contributed by atoms with E-state index in [1.807, 2.05) is 0 Å². The Morgan fingerprint density at radius 1 is 1.23 bits per heavy atom. The number of anilines is 2. The molecule has 0 spiro atoms. The van der Waals surface area contributed by atoms with E-state index in [-0.39, 0.29) is 5.91 Å². The van der Waals surface area contributed by atoms with Gasteiger partial charge in [-0.2, -0.15) is 5.10 Å². The van der Waals surface area contributed by atoms with Gasteiger partial charge in [0.2, 0.25) is 0 Å². The van der Waals surface area contributed by atoms with E-state index in [1.54, 1.807) is 55.0 Å². The molecule has 0 saturated carbocycles. The number of fused-ring (bicyclic) bond motifs is 1. The Bertz CT molecular complexity index is 1210. The predicted octanol–water partition coefficient (Wildman–Crippen LogP) is 2.84. The molecule has 2 N–H and O–H groups in total. The summed E-state index contributed by atoms with van der Waals surface area (Å²) in [5.74, 6) is 1.51. The van der Waals surface area contributed by atoms with Crippen LogP contribution >= 0.6 is 0 Å². The Kier molecular flexibility index (Phi) is 4.97. The number of morpholine rings is 1. The molecule has 0 radical (unpaired) electrons. The smallest absolute Gasteiger partial charge is 0.254 e. The van der Waals surface area contributed by atoms with Crippen molar-refractivity contribution in [3.63, 3.8) is 0 Å². The zero-order chi connectivity index (χ0) is 21.2. The van der Waals surface area contributed by atoms with Gasteiger partial charge in [0, 0.05) is 18.7 Å². The third-order valence-corrected chi connectivity index (χ3v) is 5.08. The second-order valence-electron chi connectivity index (χ2n) is 6.98. The maximum atomic E-state index is 12.8. The summed E-state index contributed by atoms with van der Waals surface area (Å²) >= 11 is 0. The van der Waals surface area contributed by atoms with Gasteiger partial charge in [0.25, 0.3) is 5.91 Å². The fourth-order valence-corrected chi connectivity index (χ4v) is 3.46. The van der Waals surface area contributed by atoms with E-state index in [0.29, 0.717) is 66.0 Å². The van der Waals surface area contributed by atoms with Gasteiger partial charge in [-0.1, -0.05) is 0 Å². The van der Waals surface area contributed by atoms with Gasteiger partial charge in [-0.3, -0.25) is 9.89 Å². The summed E-state index contributed by atoms with van der Waals surface area (Å²) in [6.45, 7) is 2.26. The van der Waals surface area contributed by atoms with Crippen LogP contribution in [-0.4, -0.2) is 64.4 Å². The normalized spacial score (nSPS) is 14.0. The third kappa shape index (κ3) is 3.68. The Balaban J connectivity index is 1.48. The molecular weight excluding hydrogens is 400 g/mol. The molecule has 5 rings (SSSR count). The molecule has 1 aromatic carbocycles. The minimum atomic E-state index is -0.0478. The van der Waals surface area contributed by atoms with Gasteiger partial charge in [-0.05, 0) is 24.3 Å². The standard InChI is InChI=1S/C21H20N6O4/c1-29-17-10-13(21(28)27-5-8-30-9-6-27)2-3-15(17)23-20-18-16(11-22-26-18)24-19(25-20)14-4-7-31-12-14/h2-4,7,10-12H,5-6,8-9H2,1H3,(H,22,26)(H,23,24,25). The number of nitrogens with zero attached hydrogens (tertiary/aromatic N) is 4. The van der Waals surface area contributed by atoms with Crippen LogP contribution in [0.3, 0.4) is 0 Å². The molecule has 4 heterocycles. The minimum Gasteiger partial charge on any atom is -0.495 e. The van der Waals surface area contributed by atoms with Crippen molar-refractivity contribution in [3.8, 4) is 17.1 Å². The van der Waals surface area contributed by atoms with Crippen LogP contribution < -0.4 is 10.1 Å². The summed E-state index contributed by atoms with van der Waals surface area (Å²) < 4.78 is 16.0. The van der Waals surface area contributed by atoms with Crippen LogP contribution in [-0.2, 0) is 4.74 Å². The molecular formula is C21H20N6O4. The van der Waals surface area contributed by atoms with E-state index in [9.17, 15) is 4.79 Å². The van der Waals surface area contributed by atoms with E-state index in [2.05, 4.69) is 25.5 Å². The Labute approximate surface area is 177 Å². The molecule has 0 aliphatic carbocycles. The third-order valence-electron chi connectivity index (χ3n) is 5.08. The largest absolute Gasteiger partial charge is 0.495 e. The first kappa shape index (κ1) is 19.1. The number of hydrogen-bond acceptors (Lipinski definition) is 8. The molecule has 4 aromatic rings. The summed E-state index contributed by atoms with van der Waals surface area (Å²) in [7, 11) is 1.56. The van der Waals surface area contributed by atoms with Crippen molar-refractivity contribution in [1.29, 1.82) is 0 Å². The van der Waals surface area contributed by atoms with Gasteiger partial charge in [-0.15, -0.1) is 0 Å². The summed E-state index contributed by atoms with van der Waals surface area (Å²) in [6, 6.07) is 7.08. The molecule has 3 aromatic heterocycles. The van der Waals surface area contributed by atoms with Crippen molar-refractivity contribution >= 4 is 28.4 Å². The van der Waals surface area contributed by atoms with Gasteiger partial charge in [0.1, 0.15) is 23.0 Å². The van der Waals surface area contributed by atoms with Crippen LogP contribution in [0.1, 0.15) is 10.4 Å². The zero-order valence-electron chi connectivity index (χ0n) is 16.8. The quantitative estimate of drug-likeness (QED) is 0.506. The number of carbonyl (C=O) groups is 1. The number of aromatic nitrogens is 4. The lowest BCUT2D eigenvalue weighted by Gasteiger charge is -2.27. The van der Waals surface area contributed by atoms with Crippen molar-refractivity contribution in [3.05, 3.63) is 48.6 Å². The van der Waals surface area contributed by atoms with Gasteiger partial charge in [-0.25, -0.2) is 9.97 Å². The van der Waals surface area contributed by atoms with E-state index in [4.69, 9.17) is 13.9 Å². The predicted molar refractivity (Wildman–Crippen MR) is 112 cm³/mol. The highest BCUT2D eigenvalue weighted by Crippen LogP contribution is 2.32. The number of amides is 1. The first-order valence-corrected chi connectivity index (χ1v) is 9.78. The van der Waals surface area contributed by atoms with Crippen molar-refractivity contribution < 1.29 is 18.7 Å². The first-order valence-electron chi connectivity index (χ1n) is 9.78. The maximum absolute atomic E-state index is 12.8. The van der Waals surface area contributed by atoms with Gasteiger partial charge >= 0.3 is 0 Å². The average Bonchev–Trinajstić information content (AvgIpc) is 3.51. The highest BCUT2D eigenvalue weighted by Gasteiger charge is 2.20. The van der Waals surface area contributed by atoms with Gasteiger partial charge in [0.15, 0.2) is 11.6 Å². The highest BCUT2D eigenvalue weighted by molar-refractivity contribution is 5.96. The molecule has 10 heteroatoms. The van der Waals surface area contributed by atoms with Crippen LogP contribution in [0, 0.1) is 0 Å². The molecule has 1 saturated heterocycles. The summed E-state index contributed by atoms with van der Waals surface area (Å²) in [4.78, 5) is 23.7. The average molecular weight is 420 g/mol. The highest BCUT2D eigenvalue weighted by atomic mass is 16.5. The lowest BCUT2D eigenvalue weighted by Crippen LogP contribution is -2.40. The van der Waals surface area contributed by atoms with E-state index >= 15 is 0 Å². The number of furan rings is 1. The van der Waals surface area contributed by atoms with E-state index < -0.39 is 0 Å². The molecule has 10 nitrogen and oxygen atoms in total. The molecule has 1 aliphatic heterocycles. The lowest BCUT2D eigenvalue weighted by molar-refractivity contribution is 0.0302. The van der Waals surface area contributed by atoms with Crippen LogP contribution in [0.5, 0.6) is 5.75 Å². The molecule has 0 atom stereocenters. The van der Waals surface area contributed by atoms with Crippen molar-refractivity contribution in [1.82, 2.24) is 25.1 Å². The minimum absolute atomic E-state index is 0.0478. The van der Waals surface area contributed by atoms with Gasteiger partial charge in [0.05, 0.1) is 44.0 Å². The molecule has 31 heavy (non-hydrogen) atoms. The van der Waals surface area contributed by atoms with Crippen molar-refractivity contribution in [2.45, 2.75) is 0 Å². The maximum Gasteiger partial charge on any atom is 0.254 e. The fraction of sp³-hybridized carbons (Fsp3) is 0.238. The SMILES string of the molecule is COc1cc(C(=O)N2CCOCC2)ccc1Nc1nc(-c2ccoc2)nc2cn[nH]c12. The number of rotatable bonds is 5. The lowest BCUT2D eigenvalue weighted by atomic mass is 10.1. The number of hydrogen-bond donors (Lipinski definition) is 2. The van der Waals surface area contributed by atoms with Crippen LogP contribution in [0.15, 0.2) is 47.4 Å². The summed E-state index contributed by atoms with van der Waals surface area (Å²) in [6.07, 6.45) is 4.78. The second kappa shape index (κ2) is 8.07. The zero-order valence-corrected chi connectivity index (χ0v) is 16.8. The molecule has 1 amide bonds. The molecule has 0 bridgehead atoms. The first-order chi connectivity index (χ1) is 15.2. The number of H-pyrrole nitrogens is 1. The number of ether oxygens (including phenoxy) is 2. The van der Waals surface area contributed by atoms with Crippen molar-refractivity contribution in [2.24, 2.45) is 0 Å². The van der Waals surface area contributed by atoms with E-state index in [0.717, 1.165) is 5.56 Å². The number of methoxy groups -OCH3 is 1. The molecule has 158 valence electrons. The van der Waals surface area contributed by atoms with Gasteiger partial charge < -0.3 is 24.1 Å². The van der Waals surface area contributed by atoms with Crippen LogP contribution in [0.4, 0.5) is 11.5 Å². The van der Waals surface area contributed by atoms with Crippen LogP contribution in [0.2, 0.25) is 0 Å². The summed E-state index contributed by atoms with van der Waals surface area (Å²) in [5.41, 5.74) is 3.28. The Hall–Kier alpha value is -3.92. The van der Waals surface area contributed by atoms with Crippen molar-refractivity contribution in [2.75, 3.05) is 38.7 Å². The number of benzene rings is 1.